The van der Waals surface area contributed by atoms with E-state index in [1.165, 1.54) is 13.0 Å². The van der Waals surface area contributed by atoms with Gasteiger partial charge in [0.2, 0.25) is 0 Å². The fourth-order valence-electron chi connectivity index (χ4n) is 1.76. The van der Waals surface area contributed by atoms with Gasteiger partial charge in [-0.25, -0.2) is 4.39 Å². The summed E-state index contributed by atoms with van der Waals surface area (Å²) in [5.41, 5.74) is 8.77. The Bertz CT molecular complexity index is 793. The van der Waals surface area contributed by atoms with Gasteiger partial charge in [-0.2, -0.15) is 5.14 Å². The summed E-state index contributed by atoms with van der Waals surface area (Å²) >= 11 is -1.18. The van der Waals surface area contributed by atoms with E-state index in [1.54, 1.807) is 6.07 Å². The molecule has 1 heterocycles. The van der Waals surface area contributed by atoms with Gasteiger partial charge in [0.25, 0.3) is 0 Å². The molecule has 2 aromatic rings. The van der Waals surface area contributed by atoms with Gasteiger partial charge < -0.3 is 8.97 Å². The van der Waals surface area contributed by atoms with E-state index < -0.39 is 17.2 Å². The van der Waals surface area contributed by atoms with Crippen LogP contribution in [0, 0.1) is 5.82 Å². The zero-order valence-corrected chi connectivity index (χ0v) is 15.4. The van der Waals surface area contributed by atoms with Gasteiger partial charge in [-0.1, -0.05) is 5.11 Å². The summed E-state index contributed by atoms with van der Waals surface area (Å²) in [6.07, 6.45) is 0.414. The Morgan fingerprint density at radius 1 is 1.44 bits per heavy atom. The van der Waals surface area contributed by atoms with E-state index in [0.29, 0.717) is 23.2 Å². The molecule has 0 saturated carbocycles. The van der Waals surface area contributed by atoms with E-state index >= 15 is 0 Å². The second kappa shape index (κ2) is 8.87. The Morgan fingerprint density at radius 2 is 2.04 bits per heavy atom. The van der Waals surface area contributed by atoms with Crippen LogP contribution in [-0.4, -0.2) is 21.6 Å². The zero-order chi connectivity index (χ0) is 19.2. The van der Waals surface area contributed by atoms with Crippen molar-refractivity contribution in [1.82, 2.24) is 0 Å². The number of carbonyl (C=O) groups excluding carboxylic acids is 1. The first-order chi connectivity index (χ1) is 11.6. The van der Waals surface area contributed by atoms with E-state index in [0.717, 1.165) is 6.07 Å². The lowest BCUT2D eigenvalue weighted by Gasteiger charge is -2.17. The number of nitrogens with two attached hydrogens (primary N) is 1. The van der Waals surface area contributed by atoms with Crippen LogP contribution in [0.3, 0.4) is 0 Å². The maximum atomic E-state index is 13.3. The third-order valence-electron chi connectivity index (χ3n) is 3.14. The molecule has 0 radical (unpaired) electrons. The van der Waals surface area contributed by atoms with E-state index in [2.05, 4.69) is 10.0 Å². The van der Waals surface area contributed by atoms with Gasteiger partial charge in [0.05, 0.1) is 5.56 Å². The molecule has 0 aliphatic heterocycles. The lowest BCUT2D eigenvalue weighted by atomic mass is 10.1. The Hall–Kier alpha value is -2.06. The summed E-state index contributed by atoms with van der Waals surface area (Å²) in [5, 5.41) is 8.97. The summed E-state index contributed by atoms with van der Waals surface area (Å²) in [6, 6.07) is 4.12. The highest BCUT2D eigenvalue weighted by Gasteiger charge is 2.21. The number of benzene rings is 1. The summed E-state index contributed by atoms with van der Waals surface area (Å²) in [5.74, 6) is -0.170. The van der Waals surface area contributed by atoms with Crippen LogP contribution in [0.5, 0.6) is 0 Å². The number of azide groups is 1. The van der Waals surface area contributed by atoms with Gasteiger partial charge in [0.15, 0.2) is 5.78 Å². The molecular formula is C16H21FN4O3S. The number of carbonyl (C=O) groups is 1. The standard InChI is InChI=1S/C12H10FN3O2.C4H11NOS/c1-7(17)11-6-9(13)4-8-5-10(18-12(8)11)2-3-15-16-14;1-4(2,3)7(5)6/h4-6H,2-3H2,1H3;5H2,1-3H3/t;7-/m.1/s1. The van der Waals surface area contributed by atoms with Crippen LogP contribution in [0.2, 0.25) is 0 Å². The van der Waals surface area contributed by atoms with Gasteiger partial charge in [0, 0.05) is 34.6 Å². The van der Waals surface area contributed by atoms with Gasteiger partial charge in [-0.15, -0.1) is 0 Å². The second-order valence-corrected chi connectivity index (χ2v) is 8.07. The quantitative estimate of drug-likeness (QED) is 0.287. The molecule has 9 heteroatoms. The molecule has 0 spiro atoms. The largest absolute Gasteiger partial charge is 0.598 e. The number of fused-ring (bicyclic) bond motifs is 1. The third kappa shape index (κ3) is 6.39. The average Bonchev–Trinajstić information content (AvgIpc) is 2.88. The molecule has 2 N–H and O–H groups in total. The Morgan fingerprint density at radius 3 is 2.52 bits per heavy atom. The summed E-state index contributed by atoms with van der Waals surface area (Å²) < 4.78 is 28.9. The van der Waals surface area contributed by atoms with Crippen molar-refractivity contribution >= 4 is 28.1 Å². The first-order valence-corrected chi connectivity index (χ1v) is 8.67. The topological polar surface area (TPSA) is 128 Å². The molecule has 136 valence electrons. The Labute approximate surface area is 148 Å². The predicted molar refractivity (Wildman–Crippen MR) is 96.0 cm³/mol. The van der Waals surface area contributed by atoms with Crippen molar-refractivity contribution in [2.45, 2.75) is 38.9 Å². The monoisotopic (exact) mass is 368 g/mol. The third-order valence-corrected chi connectivity index (χ3v) is 4.34. The number of ketones is 1. The lowest BCUT2D eigenvalue weighted by Crippen LogP contribution is -2.34. The van der Waals surface area contributed by atoms with Crippen LogP contribution in [0.1, 0.15) is 43.8 Å². The molecule has 1 atom stereocenters. The summed E-state index contributed by atoms with van der Waals surface area (Å²) in [6.45, 7) is 7.12. The Kier molecular flexibility index (Phi) is 7.44. The van der Waals surface area contributed by atoms with Crippen LogP contribution < -0.4 is 5.14 Å². The molecule has 0 aliphatic carbocycles. The van der Waals surface area contributed by atoms with Crippen molar-refractivity contribution < 1.29 is 18.2 Å². The van der Waals surface area contributed by atoms with Crippen molar-refractivity contribution in [1.29, 1.82) is 0 Å². The van der Waals surface area contributed by atoms with Crippen molar-refractivity contribution in [2.24, 2.45) is 10.3 Å². The molecule has 7 nitrogen and oxygen atoms in total. The van der Waals surface area contributed by atoms with Crippen molar-refractivity contribution in [3.05, 3.63) is 45.8 Å². The van der Waals surface area contributed by atoms with Gasteiger partial charge in [-0.05, 0) is 51.4 Å². The Balaban J connectivity index is 0.000000381. The molecule has 0 aliphatic rings. The first-order valence-electron chi connectivity index (χ1n) is 7.46. The fourth-order valence-corrected chi connectivity index (χ4v) is 1.76. The summed E-state index contributed by atoms with van der Waals surface area (Å²) in [4.78, 5) is 14.0. The molecule has 0 amide bonds. The van der Waals surface area contributed by atoms with Crippen molar-refractivity contribution in [3.8, 4) is 0 Å². The highest BCUT2D eigenvalue weighted by Crippen LogP contribution is 2.25. The molecular weight excluding hydrogens is 347 g/mol. The van der Waals surface area contributed by atoms with E-state index in [-0.39, 0.29) is 22.6 Å². The minimum Gasteiger partial charge on any atom is -0.598 e. The summed E-state index contributed by atoms with van der Waals surface area (Å²) in [7, 11) is 0. The zero-order valence-electron chi connectivity index (χ0n) is 14.6. The fraction of sp³-hybridized carbons (Fsp3) is 0.438. The molecule has 0 unspecified atom stereocenters. The molecule has 0 bridgehead atoms. The molecule has 2 rings (SSSR count). The minimum atomic E-state index is -1.18. The van der Waals surface area contributed by atoms with Gasteiger partial charge in [0.1, 0.15) is 21.9 Å². The van der Waals surface area contributed by atoms with Crippen LogP contribution in [0.15, 0.2) is 27.7 Å². The SMILES string of the molecule is CC(=O)c1cc(F)cc2cc(CCN=[N+]=[N-])oc12.CC(C)(C)[S@+](N)[O-]. The molecule has 0 saturated heterocycles. The maximum Gasteiger partial charge on any atom is 0.163 e. The highest BCUT2D eigenvalue weighted by molar-refractivity contribution is 7.90. The second-order valence-electron chi connectivity index (χ2n) is 6.25. The molecule has 1 aromatic heterocycles. The number of furan rings is 1. The molecule has 0 fully saturated rings. The minimum absolute atomic E-state index is 0.222. The van der Waals surface area contributed by atoms with Crippen molar-refractivity contribution in [3.63, 3.8) is 0 Å². The van der Waals surface area contributed by atoms with Crippen LogP contribution in [0.4, 0.5) is 4.39 Å². The van der Waals surface area contributed by atoms with Crippen LogP contribution >= 0.6 is 0 Å². The van der Waals surface area contributed by atoms with Crippen LogP contribution in [0.25, 0.3) is 21.4 Å². The van der Waals surface area contributed by atoms with E-state index in [9.17, 15) is 13.7 Å². The number of halogens is 1. The van der Waals surface area contributed by atoms with Gasteiger partial charge >= 0.3 is 0 Å². The van der Waals surface area contributed by atoms with Gasteiger partial charge in [-0.3, -0.25) is 4.79 Å². The van der Waals surface area contributed by atoms with Crippen LogP contribution in [-0.2, 0) is 17.8 Å². The number of hydrogen-bond donors (Lipinski definition) is 1. The average molecular weight is 368 g/mol. The number of hydrogen-bond acceptors (Lipinski definition) is 5. The molecule has 1 aromatic carbocycles. The highest BCUT2D eigenvalue weighted by atomic mass is 32.2. The maximum absolute atomic E-state index is 13.3. The number of Topliss-reactive ketones (excluding diaryl/α,β-unsaturated/α-hetero) is 1. The molecule has 25 heavy (non-hydrogen) atoms. The first kappa shape index (κ1) is 21.0. The smallest absolute Gasteiger partial charge is 0.163 e. The van der Waals surface area contributed by atoms with E-state index in [4.69, 9.17) is 15.1 Å². The number of rotatable bonds is 4. The van der Waals surface area contributed by atoms with Crippen molar-refractivity contribution in [2.75, 3.05) is 6.54 Å². The van der Waals surface area contributed by atoms with E-state index in [1.807, 2.05) is 20.8 Å². The normalized spacial score (nSPS) is 12.1. The lowest BCUT2D eigenvalue weighted by molar-refractivity contribution is 0.101. The predicted octanol–water partition coefficient (Wildman–Crippen LogP) is 4.03. The number of nitrogens with zero attached hydrogens (tertiary/aromatic N) is 3.